The zero-order valence-corrected chi connectivity index (χ0v) is 14.5. The zero-order valence-electron chi connectivity index (χ0n) is 13.7. The van der Waals surface area contributed by atoms with Gasteiger partial charge in [-0.05, 0) is 49.4 Å². The minimum Gasteiger partial charge on any atom is -0.507 e. The van der Waals surface area contributed by atoms with Crippen molar-refractivity contribution in [3.63, 3.8) is 0 Å². The number of rotatable bonds is 1. The maximum absolute atomic E-state index is 10.2. The predicted molar refractivity (Wildman–Crippen MR) is 104 cm³/mol. The fourth-order valence-corrected chi connectivity index (χ4v) is 3.54. The van der Waals surface area contributed by atoms with Crippen LogP contribution in [-0.2, 0) is 0 Å². The van der Waals surface area contributed by atoms with Crippen molar-refractivity contribution in [2.24, 2.45) is 0 Å². The van der Waals surface area contributed by atoms with Gasteiger partial charge in [0.05, 0.1) is 15.8 Å². The number of aromatic nitrogens is 1. The van der Waals surface area contributed by atoms with Crippen molar-refractivity contribution >= 4 is 21.6 Å². The highest BCUT2D eigenvalue weighted by atomic mass is 32.1. The molecule has 120 valence electrons. The number of benzene rings is 3. The van der Waals surface area contributed by atoms with Crippen molar-refractivity contribution < 1.29 is 5.11 Å². The van der Waals surface area contributed by atoms with E-state index in [-0.39, 0.29) is 5.75 Å². The summed E-state index contributed by atoms with van der Waals surface area (Å²) in [6, 6.07) is 21.5. The second-order valence-electron chi connectivity index (χ2n) is 5.83. The van der Waals surface area contributed by atoms with Crippen LogP contribution in [0.25, 0.3) is 20.8 Å². The van der Waals surface area contributed by atoms with E-state index >= 15 is 0 Å². The van der Waals surface area contributed by atoms with Gasteiger partial charge in [0.15, 0.2) is 0 Å². The highest BCUT2D eigenvalue weighted by Crippen LogP contribution is 2.35. The van der Waals surface area contributed by atoms with Crippen LogP contribution >= 0.6 is 11.3 Å². The van der Waals surface area contributed by atoms with Crippen molar-refractivity contribution in [3.05, 3.63) is 83.4 Å². The lowest BCUT2D eigenvalue weighted by Gasteiger charge is -2.01. The Morgan fingerprint density at radius 2 is 1.60 bits per heavy atom. The molecule has 4 rings (SSSR count). The molecule has 0 saturated carbocycles. The Kier molecular flexibility index (Phi) is 3.97. The number of aryl methyl sites for hydroxylation is 1. The van der Waals surface area contributed by atoms with E-state index in [0.717, 1.165) is 31.9 Å². The molecule has 25 heavy (non-hydrogen) atoms. The smallest absolute Gasteiger partial charge is 0.128 e. The quantitative estimate of drug-likeness (QED) is 0.472. The second kappa shape index (κ2) is 6.43. The Morgan fingerprint density at radius 3 is 2.40 bits per heavy atom. The first-order valence-electron chi connectivity index (χ1n) is 7.97. The van der Waals surface area contributed by atoms with Crippen LogP contribution in [0.15, 0.2) is 66.7 Å². The van der Waals surface area contributed by atoms with Gasteiger partial charge >= 0.3 is 0 Å². The van der Waals surface area contributed by atoms with E-state index in [4.69, 9.17) is 0 Å². The van der Waals surface area contributed by atoms with E-state index in [2.05, 4.69) is 23.7 Å². The molecule has 1 N–H and O–H groups in total. The number of phenols is 1. The van der Waals surface area contributed by atoms with E-state index in [1.807, 2.05) is 60.7 Å². The van der Waals surface area contributed by atoms with Gasteiger partial charge in [-0.3, -0.25) is 0 Å². The van der Waals surface area contributed by atoms with Gasteiger partial charge in [-0.1, -0.05) is 41.7 Å². The molecular weight excluding hydrogens is 326 g/mol. The van der Waals surface area contributed by atoms with E-state index in [1.54, 1.807) is 17.4 Å². The molecule has 0 spiro atoms. The number of nitrogens with zero attached hydrogens (tertiary/aromatic N) is 1. The van der Waals surface area contributed by atoms with Gasteiger partial charge in [-0.25, -0.2) is 4.98 Å². The highest BCUT2D eigenvalue weighted by Gasteiger charge is 2.10. The molecule has 0 aliphatic heterocycles. The van der Waals surface area contributed by atoms with Gasteiger partial charge < -0.3 is 5.11 Å². The van der Waals surface area contributed by atoms with Crippen LogP contribution in [0.3, 0.4) is 0 Å². The van der Waals surface area contributed by atoms with Crippen LogP contribution in [0.5, 0.6) is 5.75 Å². The number of hydrogen-bond acceptors (Lipinski definition) is 3. The largest absolute Gasteiger partial charge is 0.507 e. The van der Waals surface area contributed by atoms with E-state index < -0.39 is 0 Å². The number of hydrogen-bond donors (Lipinski definition) is 1. The lowest BCUT2D eigenvalue weighted by molar-refractivity contribution is 0.477. The lowest BCUT2D eigenvalue weighted by atomic mass is 10.1. The first-order chi connectivity index (χ1) is 12.2. The van der Waals surface area contributed by atoms with Crippen LogP contribution < -0.4 is 0 Å². The molecule has 0 saturated heterocycles. The average molecular weight is 341 g/mol. The molecule has 1 heterocycles. The summed E-state index contributed by atoms with van der Waals surface area (Å²) in [4.78, 5) is 4.62. The summed E-state index contributed by atoms with van der Waals surface area (Å²) in [6.07, 6.45) is 0. The maximum Gasteiger partial charge on any atom is 0.128 e. The van der Waals surface area contributed by atoms with Crippen LogP contribution in [-0.4, -0.2) is 10.1 Å². The third kappa shape index (κ3) is 3.26. The first kappa shape index (κ1) is 15.4. The summed E-state index contributed by atoms with van der Waals surface area (Å²) in [5.74, 6) is 6.55. The predicted octanol–water partition coefficient (Wildman–Crippen LogP) is 5.38. The highest BCUT2D eigenvalue weighted by molar-refractivity contribution is 7.21. The van der Waals surface area contributed by atoms with Gasteiger partial charge in [0.2, 0.25) is 0 Å². The molecule has 1 aromatic heterocycles. The third-order valence-corrected chi connectivity index (χ3v) is 4.99. The Balaban J connectivity index is 1.72. The van der Waals surface area contributed by atoms with Crippen molar-refractivity contribution in [1.82, 2.24) is 4.98 Å². The van der Waals surface area contributed by atoms with Crippen molar-refractivity contribution in [2.75, 3.05) is 0 Å². The number of thiazole rings is 1. The molecule has 0 unspecified atom stereocenters. The van der Waals surface area contributed by atoms with Gasteiger partial charge in [-0.15, -0.1) is 11.3 Å². The van der Waals surface area contributed by atoms with Gasteiger partial charge in [0.1, 0.15) is 10.8 Å². The van der Waals surface area contributed by atoms with Crippen LogP contribution in [0.1, 0.15) is 16.7 Å². The summed E-state index contributed by atoms with van der Waals surface area (Å²) in [6.45, 7) is 2.06. The average Bonchev–Trinajstić information content (AvgIpc) is 3.06. The van der Waals surface area contributed by atoms with E-state index in [9.17, 15) is 5.11 Å². The van der Waals surface area contributed by atoms with Gasteiger partial charge in [0, 0.05) is 11.1 Å². The van der Waals surface area contributed by atoms with Crippen molar-refractivity contribution in [1.29, 1.82) is 0 Å². The molecule has 0 aliphatic rings. The minimum absolute atomic E-state index is 0.222. The van der Waals surface area contributed by atoms with Crippen LogP contribution in [0.2, 0.25) is 0 Å². The molecule has 0 bridgehead atoms. The van der Waals surface area contributed by atoms with Crippen LogP contribution in [0, 0.1) is 18.8 Å². The minimum atomic E-state index is 0.222. The molecule has 3 heteroatoms. The molecule has 2 nitrogen and oxygen atoms in total. The number of fused-ring (bicyclic) bond motifs is 1. The third-order valence-electron chi connectivity index (χ3n) is 3.92. The molecule has 0 atom stereocenters. The molecule has 0 fully saturated rings. The van der Waals surface area contributed by atoms with E-state index in [0.29, 0.717) is 0 Å². The monoisotopic (exact) mass is 341 g/mol. The number of phenolic OH excluding ortho intramolecular Hbond substituents is 1. The Bertz CT molecular complexity index is 1080. The summed E-state index contributed by atoms with van der Waals surface area (Å²) < 4.78 is 1.10. The lowest BCUT2D eigenvalue weighted by Crippen LogP contribution is -1.82. The Hall–Kier alpha value is -3.09. The fourth-order valence-electron chi connectivity index (χ4n) is 2.55. The normalized spacial score (nSPS) is 10.4. The number of para-hydroxylation sites is 1. The molecule has 3 aromatic carbocycles. The maximum atomic E-state index is 10.2. The molecule has 0 aliphatic carbocycles. The van der Waals surface area contributed by atoms with Crippen LogP contribution in [0.4, 0.5) is 0 Å². The van der Waals surface area contributed by atoms with Gasteiger partial charge in [0.25, 0.3) is 0 Å². The van der Waals surface area contributed by atoms with Gasteiger partial charge in [-0.2, -0.15) is 0 Å². The number of aromatic hydroxyl groups is 1. The molecule has 4 aromatic rings. The van der Waals surface area contributed by atoms with Crippen molar-refractivity contribution in [2.45, 2.75) is 6.92 Å². The fraction of sp³-hybridized carbons (Fsp3) is 0.0455. The molecular formula is C22H15NOS. The Morgan fingerprint density at radius 1 is 0.880 bits per heavy atom. The summed E-state index contributed by atoms with van der Waals surface area (Å²) in [7, 11) is 0. The SMILES string of the molecule is Cc1ccc(C#Cc2ccc(O)c(-c3nc4ccccc4s3)c2)cc1. The summed E-state index contributed by atoms with van der Waals surface area (Å²) in [5, 5.41) is 11.1. The molecule has 0 radical (unpaired) electrons. The topological polar surface area (TPSA) is 33.1 Å². The molecule has 0 amide bonds. The first-order valence-corrected chi connectivity index (χ1v) is 8.78. The second-order valence-corrected chi connectivity index (χ2v) is 6.87. The summed E-state index contributed by atoms with van der Waals surface area (Å²) in [5.41, 5.74) is 4.70. The van der Waals surface area contributed by atoms with E-state index in [1.165, 1.54) is 5.56 Å². The standard InChI is InChI=1S/C22H15NOS/c1-15-6-8-16(9-7-15)10-11-17-12-13-20(24)18(14-17)22-23-19-4-2-3-5-21(19)25-22/h2-9,12-14,24H,1H3. The summed E-state index contributed by atoms with van der Waals surface area (Å²) >= 11 is 1.57. The zero-order chi connectivity index (χ0) is 17.2. The Labute approximate surface area is 150 Å². The van der Waals surface area contributed by atoms with Crippen molar-refractivity contribution in [3.8, 4) is 28.2 Å².